The van der Waals surface area contributed by atoms with E-state index < -0.39 is 13.8 Å². The summed E-state index contributed by atoms with van der Waals surface area (Å²) in [5.74, 6) is 0.569. The molecule has 4 rings (SSSR count). The van der Waals surface area contributed by atoms with Gasteiger partial charge in [0.05, 0.1) is 29.9 Å². The highest BCUT2D eigenvalue weighted by molar-refractivity contribution is 8.01. The first kappa shape index (κ1) is 23.9. The molecule has 2 atom stereocenters. The smallest absolute Gasteiger partial charge is 0.418 e. The van der Waals surface area contributed by atoms with Crippen molar-refractivity contribution in [3.8, 4) is 5.75 Å². The molecule has 1 N–H and O–H groups in total. The minimum atomic E-state index is -3.50. The number of para-hydroxylation sites is 2. The van der Waals surface area contributed by atoms with Crippen LogP contribution in [-0.4, -0.2) is 45.5 Å². The molecule has 0 bridgehead atoms. The van der Waals surface area contributed by atoms with Crippen LogP contribution in [0, 0.1) is 0 Å². The molecule has 3 fully saturated rings. The van der Waals surface area contributed by atoms with Crippen molar-refractivity contribution in [3.05, 3.63) is 24.3 Å². The zero-order valence-corrected chi connectivity index (χ0v) is 20.4. The third-order valence-electron chi connectivity index (χ3n) is 6.13. The second-order valence-corrected chi connectivity index (χ2v) is 11.9. The largest absolute Gasteiger partial charge is 0.489 e. The molecule has 1 amide bonds. The molecule has 2 aliphatic carbocycles. The Bertz CT molecular complexity index is 831. The summed E-state index contributed by atoms with van der Waals surface area (Å²) in [4.78, 5) is 13.4. The van der Waals surface area contributed by atoms with E-state index in [0.717, 1.165) is 51.4 Å². The van der Waals surface area contributed by atoms with Crippen LogP contribution in [-0.2, 0) is 13.6 Å². The molecule has 1 aromatic rings. The lowest BCUT2D eigenvalue weighted by atomic mass is 9.95. The molecule has 10 heteroatoms. The molecular formula is C22H33N2O6PS. The highest BCUT2D eigenvalue weighted by atomic mass is 32.2. The van der Waals surface area contributed by atoms with Gasteiger partial charge >= 0.3 is 13.8 Å². The lowest BCUT2D eigenvalue weighted by Gasteiger charge is -2.32. The topological polar surface area (TPSA) is 88.5 Å². The molecule has 2 saturated carbocycles. The summed E-state index contributed by atoms with van der Waals surface area (Å²) in [6.45, 7) is 3.80. The van der Waals surface area contributed by atoms with Crippen molar-refractivity contribution in [3.63, 3.8) is 0 Å². The standard InChI is InChI=1S/C22H33N2O6PS/c1-16(2)28-19-12-6-5-11-18(19)23(22(25)26)15-32-24(17-9-3-4-10-17)31(27)29-20-13-7-8-14-21(20)30-31/h5-6,11-12,16-17,20-21H,3-4,7-10,13-15H2,1-2H3,(H,25,26). The number of hydrogen-bond donors (Lipinski definition) is 1. The van der Waals surface area contributed by atoms with E-state index in [-0.39, 0.29) is 30.2 Å². The highest BCUT2D eigenvalue weighted by Gasteiger charge is 2.52. The van der Waals surface area contributed by atoms with Crippen LogP contribution in [0.4, 0.5) is 10.5 Å². The lowest BCUT2D eigenvalue weighted by Crippen LogP contribution is -2.33. The van der Waals surface area contributed by atoms with E-state index in [1.165, 1.54) is 16.8 Å². The number of nitrogens with zero attached hydrogens (tertiary/aromatic N) is 2. The van der Waals surface area contributed by atoms with Crippen molar-refractivity contribution in [2.45, 2.75) is 89.6 Å². The predicted molar refractivity (Wildman–Crippen MR) is 125 cm³/mol. The number of fused-ring (bicyclic) bond motifs is 1. The third-order valence-corrected chi connectivity index (χ3v) is 9.89. The molecule has 1 aromatic carbocycles. The van der Waals surface area contributed by atoms with E-state index in [1.807, 2.05) is 19.9 Å². The summed E-state index contributed by atoms with van der Waals surface area (Å²) in [6.07, 6.45) is 6.31. The van der Waals surface area contributed by atoms with Gasteiger partial charge in [-0.05, 0) is 63.6 Å². The van der Waals surface area contributed by atoms with Gasteiger partial charge in [0, 0.05) is 6.04 Å². The van der Waals surface area contributed by atoms with Crippen molar-refractivity contribution in [2.75, 3.05) is 10.8 Å². The first-order chi connectivity index (χ1) is 15.4. The van der Waals surface area contributed by atoms with Gasteiger partial charge in [-0.15, -0.1) is 4.08 Å². The summed E-state index contributed by atoms with van der Waals surface area (Å²) in [7, 11) is -3.50. The fourth-order valence-corrected chi connectivity index (χ4v) is 8.53. The van der Waals surface area contributed by atoms with Gasteiger partial charge in [0.2, 0.25) is 0 Å². The fraction of sp³-hybridized carbons (Fsp3) is 0.682. The van der Waals surface area contributed by atoms with E-state index in [4.69, 9.17) is 13.8 Å². The molecule has 1 saturated heterocycles. The number of ether oxygens (including phenoxy) is 1. The molecular weight excluding hydrogens is 451 g/mol. The predicted octanol–water partition coefficient (Wildman–Crippen LogP) is 6.27. The van der Waals surface area contributed by atoms with Gasteiger partial charge in [-0.1, -0.05) is 37.8 Å². The molecule has 8 nitrogen and oxygen atoms in total. The van der Waals surface area contributed by atoms with Crippen LogP contribution in [0.5, 0.6) is 5.75 Å². The Morgan fingerprint density at radius 1 is 1.12 bits per heavy atom. The average Bonchev–Trinajstić information content (AvgIpc) is 3.38. The molecule has 178 valence electrons. The monoisotopic (exact) mass is 484 g/mol. The van der Waals surface area contributed by atoms with E-state index in [0.29, 0.717) is 11.4 Å². The van der Waals surface area contributed by atoms with Crippen LogP contribution in [0.3, 0.4) is 0 Å². The molecule has 32 heavy (non-hydrogen) atoms. The zero-order chi connectivity index (χ0) is 22.7. The Balaban J connectivity index is 1.55. The molecule has 2 unspecified atom stereocenters. The van der Waals surface area contributed by atoms with Crippen LogP contribution < -0.4 is 9.64 Å². The quantitative estimate of drug-likeness (QED) is 0.262. The van der Waals surface area contributed by atoms with Crippen molar-refractivity contribution < 1.29 is 28.3 Å². The molecule has 3 aliphatic rings. The normalized spacial score (nSPS) is 28.2. The van der Waals surface area contributed by atoms with Crippen LogP contribution in [0.1, 0.15) is 65.2 Å². The Kier molecular flexibility index (Phi) is 7.73. The molecule has 1 heterocycles. The number of carbonyl (C=O) groups is 1. The summed E-state index contributed by atoms with van der Waals surface area (Å²) in [5, 5.41) is 9.97. The van der Waals surface area contributed by atoms with Crippen molar-refractivity contribution in [2.24, 2.45) is 0 Å². The molecule has 1 aliphatic heterocycles. The third kappa shape index (κ3) is 5.28. The summed E-state index contributed by atoms with van der Waals surface area (Å²) < 4.78 is 33.6. The van der Waals surface area contributed by atoms with Crippen molar-refractivity contribution >= 4 is 31.5 Å². The SMILES string of the molecule is CC(C)Oc1ccccc1N(CSN(C1CCCC1)P1(=O)OC2CCCCC2O1)C(=O)O. The maximum Gasteiger partial charge on any atom is 0.418 e. The van der Waals surface area contributed by atoms with Crippen LogP contribution in [0.15, 0.2) is 24.3 Å². The fourth-order valence-electron chi connectivity index (χ4n) is 4.64. The van der Waals surface area contributed by atoms with Gasteiger partial charge in [0.25, 0.3) is 0 Å². The minimum Gasteiger partial charge on any atom is -0.489 e. The Labute approximate surface area is 194 Å². The minimum absolute atomic E-state index is 0.0452. The van der Waals surface area contributed by atoms with Crippen molar-refractivity contribution in [1.29, 1.82) is 0 Å². The number of amides is 1. The van der Waals surface area contributed by atoms with E-state index >= 15 is 0 Å². The number of hydrogen-bond acceptors (Lipinski definition) is 6. The van der Waals surface area contributed by atoms with Crippen LogP contribution >= 0.6 is 19.7 Å². The van der Waals surface area contributed by atoms with Crippen LogP contribution in [0.25, 0.3) is 0 Å². The first-order valence-corrected chi connectivity index (χ1v) is 14.0. The number of rotatable bonds is 8. The second-order valence-electron chi connectivity index (χ2n) is 8.88. The zero-order valence-electron chi connectivity index (χ0n) is 18.7. The summed E-state index contributed by atoms with van der Waals surface area (Å²) in [6, 6.07) is 7.14. The van der Waals surface area contributed by atoms with E-state index in [9.17, 15) is 14.5 Å². The lowest BCUT2D eigenvalue weighted by molar-refractivity contribution is 0.110. The van der Waals surface area contributed by atoms with E-state index in [1.54, 1.807) is 22.3 Å². The maximum absolute atomic E-state index is 13.9. The van der Waals surface area contributed by atoms with Crippen LogP contribution in [0.2, 0.25) is 0 Å². The Morgan fingerprint density at radius 2 is 1.72 bits per heavy atom. The Hall–Kier alpha value is -1.25. The number of anilines is 1. The summed E-state index contributed by atoms with van der Waals surface area (Å²) in [5.41, 5.74) is 0.466. The van der Waals surface area contributed by atoms with Gasteiger partial charge in [-0.3, -0.25) is 13.9 Å². The van der Waals surface area contributed by atoms with Gasteiger partial charge in [0.15, 0.2) is 0 Å². The maximum atomic E-state index is 13.9. The molecule has 0 aromatic heterocycles. The van der Waals surface area contributed by atoms with Gasteiger partial charge in [-0.2, -0.15) is 0 Å². The second kappa shape index (κ2) is 10.3. The average molecular weight is 485 g/mol. The van der Waals surface area contributed by atoms with Gasteiger partial charge < -0.3 is 9.84 Å². The first-order valence-electron chi connectivity index (χ1n) is 11.5. The van der Waals surface area contributed by atoms with Gasteiger partial charge in [-0.25, -0.2) is 9.36 Å². The number of carboxylic acid groups (broad SMARTS) is 1. The van der Waals surface area contributed by atoms with E-state index in [2.05, 4.69) is 0 Å². The Morgan fingerprint density at radius 3 is 2.31 bits per heavy atom. The molecule has 0 radical (unpaired) electrons. The molecule has 0 spiro atoms. The van der Waals surface area contributed by atoms with Crippen molar-refractivity contribution in [1.82, 2.24) is 4.08 Å². The summed E-state index contributed by atoms with van der Waals surface area (Å²) >= 11 is 1.23. The number of benzene rings is 1. The van der Waals surface area contributed by atoms with Gasteiger partial charge in [0.1, 0.15) is 5.75 Å². The highest BCUT2D eigenvalue weighted by Crippen LogP contribution is 2.65.